The zero-order valence-corrected chi connectivity index (χ0v) is 13.1. The number of rotatable bonds is 4. The van der Waals surface area contributed by atoms with Gasteiger partial charge in [0.1, 0.15) is 0 Å². The highest BCUT2D eigenvalue weighted by Crippen LogP contribution is 2.32. The number of nitrogens with one attached hydrogen (secondary N) is 1. The summed E-state index contributed by atoms with van der Waals surface area (Å²) in [4.78, 5) is 18.8. The largest absolute Gasteiger partial charge is 0.335 e. The first kappa shape index (κ1) is 14.9. The average Bonchev–Trinajstić information content (AvgIpc) is 3.04. The van der Waals surface area contributed by atoms with Crippen LogP contribution in [0.25, 0.3) is 0 Å². The molecule has 3 heterocycles. The van der Waals surface area contributed by atoms with Crippen LogP contribution in [0, 0.1) is 0 Å². The van der Waals surface area contributed by atoms with E-state index in [9.17, 15) is 4.79 Å². The summed E-state index contributed by atoms with van der Waals surface area (Å²) in [6, 6.07) is 4.28. The number of pyridine rings is 1. The highest BCUT2D eigenvalue weighted by molar-refractivity contribution is 8.00. The zero-order chi connectivity index (χ0) is 14.5. The maximum atomic E-state index is 12.5. The van der Waals surface area contributed by atoms with Crippen LogP contribution in [0.15, 0.2) is 24.5 Å². The van der Waals surface area contributed by atoms with Gasteiger partial charge in [-0.2, -0.15) is 0 Å². The summed E-state index contributed by atoms with van der Waals surface area (Å²) in [6.07, 6.45) is 8.22. The van der Waals surface area contributed by atoms with Gasteiger partial charge < -0.3 is 10.2 Å². The minimum atomic E-state index is 0.236. The molecule has 1 aromatic rings. The predicted molar refractivity (Wildman–Crippen MR) is 86.3 cm³/mol. The van der Waals surface area contributed by atoms with Crippen molar-refractivity contribution in [3.63, 3.8) is 0 Å². The Labute approximate surface area is 130 Å². The van der Waals surface area contributed by atoms with Gasteiger partial charge in [0.15, 0.2) is 0 Å². The fourth-order valence-corrected chi connectivity index (χ4v) is 4.33. The smallest absolute Gasteiger partial charge is 0.233 e. The van der Waals surface area contributed by atoms with Crippen LogP contribution in [0.3, 0.4) is 0 Å². The molecule has 0 radical (unpaired) electrons. The molecule has 2 fully saturated rings. The fraction of sp³-hybridized carbons (Fsp3) is 0.625. The van der Waals surface area contributed by atoms with Crippen LogP contribution < -0.4 is 5.32 Å². The fourth-order valence-electron chi connectivity index (χ4n) is 3.22. The van der Waals surface area contributed by atoms with Crippen molar-refractivity contribution in [1.29, 1.82) is 0 Å². The number of aromatic nitrogens is 1. The molecule has 2 aliphatic heterocycles. The summed E-state index contributed by atoms with van der Waals surface area (Å²) in [5.41, 5.74) is 1.18. The molecule has 1 atom stereocenters. The molecule has 1 unspecified atom stereocenters. The lowest BCUT2D eigenvalue weighted by Gasteiger charge is -2.27. The van der Waals surface area contributed by atoms with Crippen molar-refractivity contribution in [2.24, 2.45) is 0 Å². The topological polar surface area (TPSA) is 45.2 Å². The van der Waals surface area contributed by atoms with Gasteiger partial charge in [0.2, 0.25) is 5.91 Å². The van der Waals surface area contributed by atoms with Crippen molar-refractivity contribution >= 4 is 17.7 Å². The first-order valence-corrected chi connectivity index (χ1v) is 8.91. The number of hydrogen-bond donors (Lipinski definition) is 1. The normalized spacial score (nSPS) is 23.4. The number of carbonyl (C=O) groups is 1. The van der Waals surface area contributed by atoms with Crippen molar-refractivity contribution in [3.05, 3.63) is 30.1 Å². The molecular formula is C16H23N3OS. The Morgan fingerprint density at radius 3 is 3.00 bits per heavy atom. The number of nitrogens with zero attached hydrogens (tertiary/aromatic N) is 2. The molecule has 0 aliphatic carbocycles. The average molecular weight is 305 g/mol. The van der Waals surface area contributed by atoms with Crippen LogP contribution in [0.2, 0.25) is 0 Å². The highest BCUT2D eigenvalue weighted by Gasteiger charge is 2.30. The van der Waals surface area contributed by atoms with Crippen molar-refractivity contribution in [1.82, 2.24) is 15.2 Å². The molecule has 0 spiro atoms. The molecule has 3 rings (SSSR count). The van der Waals surface area contributed by atoms with Crippen LogP contribution in [-0.2, 0) is 4.79 Å². The van der Waals surface area contributed by atoms with Crippen LogP contribution in [0.1, 0.15) is 37.3 Å². The first-order valence-electron chi connectivity index (χ1n) is 7.86. The van der Waals surface area contributed by atoms with Crippen molar-refractivity contribution in [2.75, 3.05) is 25.4 Å². The van der Waals surface area contributed by atoms with Crippen molar-refractivity contribution in [3.8, 4) is 0 Å². The van der Waals surface area contributed by atoms with Gasteiger partial charge in [-0.15, -0.1) is 11.8 Å². The second-order valence-electron chi connectivity index (χ2n) is 5.79. The molecule has 0 bridgehead atoms. The standard InChI is InChI=1S/C16H23N3OS/c20-16(12-21-14-5-8-17-9-6-14)19-10-2-4-15(19)13-3-1-7-18-11-13/h1,3,7,11,14-15,17H,2,4-6,8-10,12H2. The van der Waals surface area contributed by atoms with E-state index in [1.54, 1.807) is 6.20 Å². The van der Waals surface area contributed by atoms with Crippen LogP contribution >= 0.6 is 11.8 Å². The Kier molecular flexibility index (Phi) is 5.14. The first-order chi connectivity index (χ1) is 10.3. The van der Waals surface area contributed by atoms with E-state index < -0.39 is 0 Å². The van der Waals surface area contributed by atoms with Crippen molar-refractivity contribution in [2.45, 2.75) is 37.0 Å². The highest BCUT2D eigenvalue weighted by atomic mass is 32.2. The van der Waals surface area contributed by atoms with Gasteiger partial charge >= 0.3 is 0 Å². The number of hydrogen-bond acceptors (Lipinski definition) is 4. The quantitative estimate of drug-likeness (QED) is 0.926. The Morgan fingerprint density at radius 1 is 1.38 bits per heavy atom. The van der Waals surface area contributed by atoms with Crippen LogP contribution in [0.5, 0.6) is 0 Å². The Balaban J connectivity index is 1.55. The summed E-state index contributed by atoms with van der Waals surface area (Å²) < 4.78 is 0. The molecule has 114 valence electrons. The Hall–Kier alpha value is -1.07. The lowest BCUT2D eigenvalue weighted by molar-refractivity contribution is -0.129. The van der Waals surface area contributed by atoms with E-state index in [4.69, 9.17) is 0 Å². The molecule has 1 N–H and O–H groups in total. The molecule has 2 saturated heterocycles. The molecule has 5 heteroatoms. The number of amides is 1. The third-order valence-electron chi connectivity index (χ3n) is 4.37. The second-order valence-corrected chi connectivity index (χ2v) is 7.08. The second kappa shape index (κ2) is 7.27. The molecule has 21 heavy (non-hydrogen) atoms. The maximum Gasteiger partial charge on any atom is 0.233 e. The molecule has 0 aromatic carbocycles. The number of piperidine rings is 1. The lowest BCUT2D eigenvalue weighted by atomic mass is 10.1. The van der Waals surface area contributed by atoms with E-state index in [1.165, 1.54) is 18.4 Å². The molecule has 0 saturated carbocycles. The van der Waals surface area contributed by atoms with Gasteiger partial charge in [0, 0.05) is 24.2 Å². The maximum absolute atomic E-state index is 12.5. The van der Waals surface area contributed by atoms with E-state index in [0.717, 1.165) is 32.5 Å². The van der Waals surface area contributed by atoms with Crippen molar-refractivity contribution < 1.29 is 4.79 Å². The van der Waals surface area contributed by atoms with E-state index in [2.05, 4.69) is 21.3 Å². The van der Waals surface area contributed by atoms with E-state index in [-0.39, 0.29) is 6.04 Å². The molecule has 2 aliphatic rings. The predicted octanol–water partition coefficient (Wildman–Crippen LogP) is 2.23. The van der Waals surface area contributed by atoms with Gasteiger partial charge in [0.25, 0.3) is 0 Å². The van der Waals surface area contributed by atoms with E-state index >= 15 is 0 Å². The molecular weight excluding hydrogens is 282 g/mol. The number of likely N-dealkylation sites (tertiary alicyclic amines) is 1. The third kappa shape index (κ3) is 3.77. The summed E-state index contributed by atoms with van der Waals surface area (Å²) >= 11 is 1.84. The summed E-state index contributed by atoms with van der Waals surface area (Å²) in [7, 11) is 0. The van der Waals surface area contributed by atoms with Crippen LogP contribution in [-0.4, -0.2) is 46.4 Å². The van der Waals surface area contributed by atoms with E-state index in [0.29, 0.717) is 16.9 Å². The van der Waals surface area contributed by atoms with Gasteiger partial charge in [-0.3, -0.25) is 9.78 Å². The summed E-state index contributed by atoms with van der Waals surface area (Å²) in [6.45, 7) is 3.08. The number of carbonyl (C=O) groups excluding carboxylic acids is 1. The zero-order valence-electron chi connectivity index (χ0n) is 12.3. The molecule has 1 amide bonds. The van der Waals surface area contributed by atoms with Gasteiger partial charge in [-0.1, -0.05) is 6.07 Å². The van der Waals surface area contributed by atoms with Gasteiger partial charge in [0.05, 0.1) is 11.8 Å². The molecule has 4 nitrogen and oxygen atoms in total. The monoisotopic (exact) mass is 305 g/mol. The lowest BCUT2D eigenvalue weighted by Crippen LogP contribution is -2.34. The summed E-state index contributed by atoms with van der Waals surface area (Å²) in [5.74, 6) is 0.923. The summed E-state index contributed by atoms with van der Waals surface area (Å²) in [5, 5.41) is 4.02. The minimum absolute atomic E-state index is 0.236. The third-order valence-corrected chi connectivity index (χ3v) is 5.73. The van der Waals surface area contributed by atoms with Gasteiger partial charge in [-0.25, -0.2) is 0 Å². The Morgan fingerprint density at radius 2 is 2.24 bits per heavy atom. The minimum Gasteiger partial charge on any atom is -0.335 e. The van der Waals surface area contributed by atoms with E-state index in [1.807, 2.05) is 24.0 Å². The van der Waals surface area contributed by atoms with Crippen LogP contribution in [0.4, 0.5) is 0 Å². The van der Waals surface area contributed by atoms with Gasteiger partial charge in [-0.05, 0) is 50.4 Å². The Bertz CT molecular complexity index is 462. The SMILES string of the molecule is O=C(CSC1CCNCC1)N1CCCC1c1cccnc1. The molecule has 1 aromatic heterocycles. The number of thioether (sulfide) groups is 1.